The number of nitrogens with one attached hydrogen (secondary N) is 1. The first-order valence-corrected chi connectivity index (χ1v) is 6.68. The number of amides is 2. The molecule has 10 nitrogen and oxygen atoms in total. The molecule has 1 aliphatic rings. The summed E-state index contributed by atoms with van der Waals surface area (Å²) in [4.78, 5) is 45.9. The molecule has 2 amide bonds. The number of nitro groups is 2. The van der Waals surface area contributed by atoms with Crippen LogP contribution in [0.2, 0.25) is 0 Å². The number of piperazine rings is 1. The summed E-state index contributed by atoms with van der Waals surface area (Å²) in [6, 6.07) is 2.72. The molecule has 1 aliphatic heterocycles. The van der Waals surface area contributed by atoms with E-state index in [-0.39, 0.29) is 24.6 Å². The molecular formula is C13H14N4O6. The van der Waals surface area contributed by atoms with E-state index in [0.29, 0.717) is 0 Å². The van der Waals surface area contributed by atoms with Crippen molar-refractivity contribution in [3.05, 3.63) is 44.0 Å². The minimum Gasteiger partial charge on any atom is -0.352 e. The van der Waals surface area contributed by atoms with Gasteiger partial charge in [0.15, 0.2) is 0 Å². The molecule has 0 aliphatic carbocycles. The van der Waals surface area contributed by atoms with E-state index < -0.39 is 32.7 Å². The number of carbonyl (C=O) groups excluding carboxylic acids is 2. The maximum absolute atomic E-state index is 12.6. The number of rotatable bonds is 3. The fourth-order valence-corrected chi connectivity index (χ4v) is 2.34. The van der Waals surface area contributed by atoms with Crippen molar-refractivity contribution < 1.29 is 19.4 Å². The lowest BCUT2D eigenvalue weighted by Crippen LogP contribution is -2.63. The molecule has 2 rings (SSSR count). The lowest BCUT2D eigenvalue weighted by atomic mass is 9.97. The Morgan fingerprint density at radius 1 is 1.17 bits per heavy atom. The molecule has 0 atom stereocenters. The minimum atomic E-state index is -1.16. The Hall–Kier alpha value is -3.04. The summed E-state index contributed by atoms with van der Waals surface area (Å²) in [5, 5.41) is 24.4. The van der Waals surface area contributed by atoms with Crippen LogP contribution in [0.3, 0.4) is 0 Å². The zero-order valence-corrected chi connectivity index (χ0v) is 12.4. The van der Waals surface area contributed by atoms with E-state index in [0.717, 1.165) is 18.2 Å². The Morgan fingerprint density at radius 3 is 2.17 bits per heavy atom. The molecule has 23 heavy (non-hydrogen) atoms. The topological polar surface area (TPSA) is 136 Å². The third kappa shape index (κ3) is 2.96. The van der Waals surface area contributed by atoms with E-state index in [2.05, 4.69) is 5.32 Å². The van der Waals surface area contributed by atoms with Crippen LogP contribution in [0.5, 0.6) is 0 Å². The largest absolute Gasteiger partial charge is 0.352 e. The number of non-ortho nitro benzene ring substituents is 2. The average Bonchev–Trinajstić information content (AvgIpc) is 2.48. The smallest absolute Gasteiger partial charge is 0.277 e. The molecule has 0 radical (unpaired) electrons. The monoisotopic (exact) mass is 322 g/mol. The van der Waals surface area contributed by atoms with E-state index in [9.17, 15) is 29.8 Å². The van der Waals surface area contributed by atoms with Gasteiger partial charge in [-0.2, -0.15) is 0 Å². The van der Waals surface area contributed by atoms with Crippen LogP contribution in [0.25, 0.3) is 0 Å². The number of nitro benzene ring substituents is 2. The van der Waals surface area contributed by atoms with Crippen LogP contribution in [0, 0.1) is 20.2 Å². The lowest BCUT2D eigenvalue weighted by molar-refractivity contribution is -0.394. The predicted molar refractivity (Wildman–Crippen MR) is 77.9 cm³/mol. The molecule has 0 unspecified atom stereocenters. The van der Waals surface area contributed by atoms with Crippen molar-refractivity contribution in [2.75, 3.05) is 13.1 Å². The highest BCUT2D eigenvalue weighted by Crippen LogP contribution is 2.26. The summed E-state index contributed by atoms with van der Waals surface area (Å²) in [5.41, 5.74) is -2.47. The van der Waals surface area contributed by atoms with Gasteiger partial charge in [0.2, 0.25) is 5.91 Å². The van der Waals surface area contributed by atoms with Gasteiger partial charge in [-0.1, -0.05) is 0 Å². The maximum atomic E-state index is 12.6. The van der Waals surface area contributed by atoms with E-state index >= 15 is 0 Å². The van der Waals surface area contributed by atoms with Crippen molar-refractivity contribution in [1.29, 1.82) is 0 Å². The molecule has 0 aromatic heterocycles. The highest BCUT2D eigenvalue weighted by molar-refractivity contribution is 6.00. The van der Waals surface area contributed by atoms with E-state index in [1.165, 1.54) is 18.7 Å². The normalized spacial score (nSPS) is 16.6. The third-order valence-electron chi connectivity index (χ3n) is 3.67. The van der Waals surface area contributed by atoms with Crippen LogP contribution in [-0.2, 0) is 4.79 Å². The molecule has 1 aromatic carbocycles. The van der Waals surface area contributed by atoms with Gasteiger partial charge < -0.3 is 10.2 Å². The molecule has 1 aromatic rings. The fourth-order valence-electron chi connectivity index (χ4n) is 2.34. The number of carbonyl (C=O) groups is 2. The number of hydrogen-bond acceptors (Lipinski definition) is 6. The molecule has 122 valence electrons. The second kappa shape index (κ2) is 5.63. The highest BCUT2D eigenvalue weighted by Gasteiger charge is 2.41. The van der Waals surface area contributed by atoms with Crippen LogP contribution in [0.15, 0.2) is 18.2 Å². The first-order chi connectivity index (χ1) is 10.6. The van der Waals surface area contributed by atoms with Gasteiger partial charge in [0, 0.05) is 25.2 Å². The van der Waals surface area contributed by atoms with Crippen LogP contribution >= 0.6 is 0 Å². The van der Waals surface area contributed by atoms with Crippen molar-refractivity contribution in [2.45, 2.75) is 19.4 Å². The summed E-state index contributed by atoms with van der Waals surface area (Å²) < 4.78 is 0. The van der Waals surface area contributed by atoms with E-state index in [4.69, 9.17) is 0 Å². The van der Waals surface area contributed by atoms with Gasteiger partial charge in [-0.25, -0.2) is 0 Å². The van der Waals surface area contributed by atoms with Crippen LogP contribution in [0.4, 0.5) is 11.4 Å². The minimum absolute atomic E-state index is 0.200. The Kier molecular flexibility index (Phi) is 4.00. The Balaban J connectivity index is 2.48. The number of benzene rings is 1. The first kappa shape index (κ1) is 16.3. The zero-order chi connectivity index (χ0) is 17.4. The predicted octanol–water partition coefficient (Wildman–Crippen LogP) is 0.854. The fraction of sp³-hybridized carbons (Fsp3) is 0.385. The van der Waals surface area contributed by atoms with Crippen molar-refractivity contribution in [1.82, 2.24) is 10.2 Å². The second-order valence-corrected chi connectivity index (χ2v) is 5.52. The van der Waals surface area contributed by atoms with Crippen LogP contribution in [0.1, 0.15) is 24.2 Å². The van der Waals surface area contributed by atoms with Gasteiger partial charge in [-0.15, -0.1) is 0 Å². The van der Waals surface area contributed by atoms with Gasteiger partial charge >= 0.3 is 0 Å². The molecule has 0 spiro atoms. The molecule has 0 bridgehead atoms. The zero-order valence-electron chi connectivity index (χ0n) is 12.4. The molecule has 1 fully saturated rings. The first-order valence-electron chi connectivity index (χ1n) is 6.68. The standard InChI is InChI=1S/C13H14N4O6/c1-13(2)12(19)14-3-4-15(13)11(18)8-5-9(16(20)21)7-10(6-8)17(22)23/h5-7H,3-4H2,1-2H3,(H,14,19). The van der Waals surface area contributed by atoms with Crippen LogP contribution < -0.4 is 5.32 Å². The van der Waals surface area contributed by atoms with Gasteiger partial charge in [-0.3, -0.25) is 29.8 Å². The Morgan fingerprint density at radius 2 is 1.70 bits per heavy atom. The summed E-state index contributed by atoms with van der Waals surface area (Å²) in [6.07, 6.45) is 0. The van der Waals surface area contributed by atoms with E-state index in [1.807, 2.05) is 0 Å². The molecule has 1 heterocycles. The quantitative estimate of drug-likeness (QED) is 0.647. The highest BCUT2D eigenvalue weighted by atomic mass is 16.6. The summed E-state index contributed by atoms with van der Waals surface area (Å²) in [5.74, 6) is -1.03. The Labute approximate surface area is 130 Å². The summed E-state index contributed by atoms with van der Waals surface area (Å²) in [7, 11) is 0. The third-order valence-corrected chi connectivity index (χ3v) is 3.67. The van der Waals surface area contributed by atoms with Crippen molar-refractivity contribution in [3.8, 4) is 0 Å². The molecule has 1 saturated heterocycles. The van der Waals surface area contributed by atoms with Crippen molar-refractivity contribution >= 4 is 23.2 Å². The molecule has 10 heteroatoms. The summed E-state index contributed by atoms with van der Waals surface area (Å²) in [6.45, 7) is 3.51. The van der Waals surface area contributed by atoms with Gasteiger partial charge in [0.05, 0.1) is 21.5 Å². The maximum Gasteiger partial charge on any atom is 0.277 e. The SMILES string of the molecule is CC1(C)C(=O)NCCN1C(=O)c1cc([N+](=O)[O-])cc([N+](=O)[O-])c1. The molecular weight excluding hydrogens is 308 g/mol. The van der Waals surface area contributed by atoms with Gasteiger partial charge in [0.1, 0.15) is 5.54 Å². The lowest BCUT2D eigenvalue weighted by Gasteiger charge is -2.41. The summed E-state index contributed by atoms with van der Waals surface area (Å²) >= 11 is 0. The number of nitrogens with zero attached hydrogens (tertiary/aromatic N) is 3. The molecule has 1 N–H and O–H groups in total. The van der Waals surface area contributed by atoms with Crippen LogP contribution in [-0.4, -0.2) is 45.2 Å². The average molecular weight is 322 g/mol. The van der Waals surface area contributed by atoms with Gasteiger partial charge in [0.25, 0.3) is 17.3 Å². The van der Waals surface area contributed by atoms with E-state index in [1.54, 1.807) is 0 Å². The molecule has 0 saturated carbocycles. The number of hydrogen-bond donors (Lipinski definition) is 1. The van der Waals surface area contributed by atoms with Gasteiger partial charge in [-0.05, 0) is 13.8 Å². The van der Waals surface area contributed by atoms with Crippen molar-refractivity contribution in [2.24, 2.45) is 0 Å². The second-order valence-electron chi connectivity index (χ2n) is 5.52. The van der Waals surface area contributed by atoms with Crippen molar-refractivity contribution in [3.63, 3.8) is 0 Å². The Bertz CT molecular complexity index is 682.